The zero-order chi connectivity index (χ0) is 13.7. The lowest BCUT2D eigenvalue weighted by Crippen LogP contribution is -2.41. The van der Waals surface area contributed by atoms with Crippen LogP contribution in [0.15, 0.2) is 0 Å². The van der Waals surface area contributed by atoms with Crippen molar-refractivity contribution in [3.63, 3.8) is 0 Å². The molecular weight excluding hydrogens is 258 g/mol. The van der Waals surface area contributed by atoms with Crippen LogP contribution in [0.1, 0.15) is 31.9 Å². The number of rotatable bonds is 6. The fourth-order valence-corrected chi connectivity index (χ4v) is 3.08. The average molecular weight is 283 g/mol. The maximum atomic E-state index is 4.27. The van der Waals surface area contributed by atoms with Crippen LogP contribution in [0.25, 0.3) is 0 Å². The van der Waals surface area contributed by atoms with E-state index in [1.165, 1.54) is 37.5 Å². The van der Waals surface area contributed by atoms with Crippen LogP contribution in [-0.4, -0.2) is 59.2 Å². The van der Waals surface area contributed by atoms with E-state index in [2.05, 4.69) is 45.7 Å². The normalized spacial score (nSPS) is 18.1. The highest BCUT2D eigenvalue weighted by Gasteiger charge is 2.22. The summed E-state index contributed by atoms with van der Waals surface area (Å²) in [4.78, 5) is 4.84. The second-order valence-corrected chi connectivity index (χ2v) is 6.18. The molecule has 0 bridgehead atoms. The van der Waals surface area contributed by atoms with Crippen molar-refractivity contribution >= 4 is 16.5 Å². The summed E-state index contributed by atoms with van der Waals surface area (Å²) >= 11 is 1.47. The minimum atomic E-state index is 0.678. The van der Waals surface area contributed by atoms with Gasteiger partial charge >= 0.3 is 0 Å². The summed E-state index contributed by atoms with van der Waals surface area (Å²) in [5, 5.41) is 8.83. The number of likely N-dealkylation sites (tertiary alicyclic amines) is 1. The molecule has 0 saturated carbocycles. The van der Waals surface area contributed by atoms with Crippen LogP contribution < -0.4 is 5.32 Å². The van der Waals surface area contributed by atoms with Crippen molar-refractivity contribution < 1.29 is 0 Å². The van der Waals surface area contributed by atoms with E-state index >= 15 is 0 Å². The van der Waals surface area contributed by atoms with Gasteiger partial charge in [-0.3, -0.25) is 4.90 Å². The second-order valence-electron chi connectivity index (χ2n) is 5.43. The Labute approximate surface area is 120 Å². The van der Waals surface area contributed by atoms with Crippen LogP contribution >= 0.6 is 11.5 Å². The van der Waals surface area contributed by atoms with E-state index in [9.17, 15) is 0 Å². The highest BCUT2D eigenvalue weighted by Crippen LogP contribution is 2.22. The van der Waals surface area contributed by atoms with Crippen LogP contribution in [0.5, 0.6) is 0 Å². The highest BCUT2D eigenvalue weighted by atomic mass is 32.1. The highest BCUT2D eigenvalue weighted by molar-refractivity contribution is 7.10. The van der Waals surface area contributed by atoms with Crippen LogP contribution in [0.2, 0.25) is 0 Å². The maximum Gasteiger partial charge on any atom is 0.134 e. The molecule has 1 N–H and O–H groups in total. The molecule has 1 aromatic rings. The molecular formula is C13H25N5S. The predicted molar refractivity (Wildman–Crippen MR) is 80.7 cm³/mol. The molecule has 1 aliphatic rings. The van der Waals surface area contributed by atoms with Gasteiger partial charge in [0, 0.05) is 30.7 Å². The van der Waals surface area contributed by atoms with E-state index in [1.807, 2.05) is 0 Å². The molecule has 0 aromatic carbocycles. The molecule has 0 spiro atoms. The van der Waals surface area contributed by atoms with Crippen LogP contribution in [0.3, 0.4) is 0 Å². The third kappa shape index (κ3) is 4.12. The number of aromatic nitrogens is 2. The SMILES string of the molecule is CCCNc1snnc1CN(C)C1CCN(C)CC1. The zero-order valence-corrected chi connectivity index (χ0v) is 13.0. The number of piperidine rings is 1. The monoisotopic (exact) mass is 283 g/mol. The Morgan fingerprint density at radius 3 is 2.84 bits per heavy atom. The van der Waals surface area contributed by atoms with Crippen LogP contribution in [0, 0.1) is 0 Å². The molecule has 0 atom stereocenters. The van der Waals surface area contributed by atoms with Crippen molar-refractivity contribution in [2.75, 3.05) is 39.0 Å². The van der Waals surface area contributed by atoms with E-state index in [0.29, 0.717) is 6.04 Å². The summed E-state index contributed by atoms with van der Waals surface area (Å²) < 4.78 is 4.08. The van der Waals surface area contributed by atoms with E-state index in [0.717, 1.165) is 30.2 Å². The molecule has 19 heavy (non-hydrogen) atoms. The van der Waals surface area contributed by atoms with Crippen molar-refractivity contribution in [2.24, 2.45) is 0 Å². The first-order chi connectivity index (χ1) is 9.20. The quantitative estimate of drug-likeness (QED) is 0.863. The lowest BCUT2D eigenvalue weighted by Gasteiger charge is -2.34. The van der Waals surface area contributed by atoms with Crippen molar-refractivity contribution in [1.29, 1.82) is 0 Å². The Kier molecular flexibility index (Phi) is 5.54. The van der Waals surface area contributed by atoms with Gasteiger partial charge in [-0.25, -0.2) is 0 Å². The summed E-state index contributed by atoms with van der Waals surface area (Å²) in [5.74, 6) is 0. The molecule has 0 aliphatic carbocycles. The minimum absolute atomic E-state index is 0.678. The summed E-state index contributed by atoms with van der Waals surface area (Å²) in [7, 11) is 4.41. The van der Waals surface area contributed by atoms with Gasteiger partial charge < -0.3 is 10.2 Å². The lowest BCUT2D eigenvalue weighted by molar-refractivity contribution is 0.138. The summed E-state index contributed by atoms with van der Waals surface area (Å²) in [6.07, 6.45) is 3.63. The Hall–Kier alpha value is -0.720. The zero-order valence-electron chi connectivity index (χ0n) is 12.2. The molecule has 0 amide bonds. The van der Waals surface area contributed by atoms with Crippen molar-refractivity contribution in [3.05, 3.63) is 5.69 Å². The van der Waals surface area contributed by atoms with Crippen LogP contribution in [-0.2, 0) is 6.54 Å². The number of hydrogen-bond acceptors (Lipinski definition) is 6. The molecule has 1 aliphatic heterocycles. The number of hydrogen-bond donors (Lipinski definition) is 1. The third-order valence-corrected chi connectivity index (χ3v) is 4.53. The minimum Gasteiger partial charge on any atom is -0.374 e. The molecule has 6 heteroatoms. The van der Waals surface area contributed by atoms with Crippen LogP contribution in [0.4, 0.5) is 5.00 Å². The Morgan fingerprint density at radius 2 is 2.16 bits per heavy atom. The first-order valence-electron chi connectivity index (χ1n) is 7.14. The van der Waals surface area contributed by atoms with E-state index in [4.69, 9.17) is 0 Å². The fourth-order valence-electron chi connectivity index (χ4n) is 2.49. The summed E-state index contributed by atoms with van der Waals surface area (Å²) in [6.45, 7) is 6.47. The first kappa shape index (κ1) is 14.7. The standard InChI is InChI=1S/C13H25N5S/c1-4-7-14-13-12(15-16-19-13)10-18(3)11-5-8-17(2)9-6-11/h11,14H,4-10H2,1-3H3. The van der Waals surface area contributed by atoms with Gasteiger partial charge in [-0.1, -0.05) is 11.4 Å². The van der Waals surface area contributed by atoms with Gasteiger partial charge in [0.05, 0.1) is 0 Å². The fraction of sp³-hybridized carbons (Fsp3) is 0.846. The van der Waals surface area contributed by atoms with E-state index in [-0.39, 0.29) is 0 Å². The number of anilines is 1. The number of nitrogens with one attached hydrogen (secondary N) is 1. The van der Waals surface area contributed by atoms with Crippen molar-refractivity contribution in [3.8, 4) is 0 Å². The molecule has 1 fully saturated rings. The number of nitrogens with zero attached hydrogens (tertiary/aromatic N) is 4. The Balaban J connectivity index is 1.87. The van der Waals surface area contributed by atoms with Gasteiger partial charge in [-0.15, -0.1) is 5.10 Å². The van der Waals surface area contributed by atoms with Gasteiger partial charge in [0.1, 0.15) is 10.7 Å². The molecule has 5 nitrogen and oxygen atoms in total. The van der Waals surface area contributed by atoms with Crippen molar-refractivity contribution in [2.45, 2.75) is 38.8 Å². The average Bonchev–Trinajstić information content (AvgIpc) is 2.84. The summed E-state index contributed by atoms with van der Waals surface area (Å²) in [6, 6.07) is 0.678. The maximum absolute atomic E-state index is 4.27. The first-order valence-corrected chi connectivity index (χ1v) is 7.92. The molecule has 2 heterocycles. The largest absolute Gasteiger partial charge is 0.374 e. The van der Waals surface area contributed by atoms with E-state index in [1.54, 1.807) is 0 Å². The molecule has 1 aromatic heterocycles. The smallest absolute Gasteiger partial charge is 0.134 e. The van der Waals surface area contributed by atoms with E-state index < -0.39 is 0 Å². The van der Waals surface area contributed by atoms with Gasteiger partial charge in [0.15, 0.2) is 0 Å². The molecule has 108 valence electrons. The van der Waals surface area contributed by atoms with Crippen molar-refractivity contribution in [1.82, 2.24) is 19.4 Å². The Morgan fingerprint density at radius 1 is 1.42 bits per heavy atom. The topological polar surface area (TPSA) is 44.3 Å². The summed E-state index contributed by atoms with van der Waals surface area (Å²) in [5.41, 5.74) is 1.10. The second kappa shape index (κ2) is 7.17. The molecule has 0 radical (unpaired) electrons. The van der Waals surface area contributed by atoms with Gasteiger partial charge in [-0.2, -0.15) is 0 Å². The lowest BCUT2D eigenvalue weighted by atomic mass is 10.0. The Bertz CT molecular complexity index is 373. The van der Waals surface area contributed by atoms with Gasteiger partial charge in [-0.05, 0) is 46.4 Å². The molecule has 2 rings (SSSR count). The molecule has 1 saturated heterocycles. The molecule has 0 unspecified atom stereocenters. The third-order valence-electron chi connectivity index (χ3n) is 3.80. The van der Waals surface area contributed by atoms with Gasteiger partial charge in [0.25, 0.3) is 0 Å². The predicted octanol–water partition coefficient (Wildman–Crippen LogP) is 1.89. The van der Waals surface area contributed by atoms with Gasteiger partial charge in [0.2, 0.25) is 0 Å².